The van der Waals surface area contributed by atoms with Gasteiger partial charge in [0.2, 0.25) is 5.91 Å². The SMILES string of the molecule is Cc1ccc(-c2csc(SCC(=O)N3CCN(c4ccccc4[N+](=O)[O-])CC3)n2)cc1. The van der Waals surface area contributed by atoms with Crippen molar-refractivity contribution in [3.63, 3.8) is 0 Å². The predicted molar refractivity (Wildman–Crippen MR) is 125 cm³/mol. The molecule has 3 aromatic rings. The number of hydrogen-bond acceptors (Lipinski definition) is 7. The van der Waals surface area contributed by atoms with Crippen LogP contribution >= 0.6 is 23.1 Å². The average Bonchev–Trinajstić information content (AvgIpc) is 3.27. The molecule has 1 amide bonds. The summed E-state index contributed by atoms with van der Waals surface area (Å²) in [5.41, 5.74) is 3.93. The third-order valence-electron chi connectivity index (χ3n) is 5.20. The van der Waals surface area contributed by atoms with E-state index in [9.17, 15) is 14.9 Å². The van der Waals surface area contributed by atoms with Gasteiger partial charge in [0.1, 0.15) is 5.69 Å². The topological polar surface area (TPSA) is 79.6 Å². The van der Waals surface area contributed by atoms with E-state index < -0.39 is 0 Å². The monoisotopic (exact) mass is 454 g/mol. The van der Waals surface area contributed by atoms with Crippen LogP contribution in [0.15, 0.2) is 58.3 Å². The molecule has 4 rings (SSSR count). The Labute approximate surface area is 188 Å². The molecule has 0 saturated carbocycles. The van der Waals surface area contributed by atoms with Gasteiger partial charge in [0.05, 0.1) is 16.4 Å². The molecular formula is C22H22N4O3S2. The number of hydrogen-bond donors (Lipinski definition) is 0. The summed E-state index contributed by atoms with van der Waals surface area (Å²) in [6.45, 7) is 4.32. The number of carbonyl (C=O) groups is 1. The highest BCUT2D eigenvalue weighted by atomic mass is 32.2. The molecule has 1 aliphatic rings. The summed E-state index contributed by atoms with van der Waals surface area (Å²) < 4.78 is 0.877. The largest absolute Gasteiger partial charge is 0.362 e. The summed E-state index contributed by atoms with van der Waals surface area (Å²) in [6.07, 6.45) is 0. The highest BCUT2D eigenvalue weighted by molar-refractivity contribution is 8.01. The van der Waals surface area contributed by atoms with Crippen LogP contribution in [0.4, 0.5) is 11.4 Å². The first kappa shape index (κ1) is 21.3. The van der Waals surface area contributed by atoms with Gasteiger partial charge in [-0.3, -0.25) is 14.9 Å². The van der Waals surface area contributed by atoms with Gasteiger partial charge in [-0.05, 0) is 13.0 Å². The number of amides is 1. The Balaban J connectivity index is 1.30. The molecule has 0 N–H and O–H groups in total. The van der Waals surface area contributed by atoms with E-state index in [0.29, 0.717) is 37.6 Å². The third kappa shape index (κ3) is 5.05. The Morgan fingerprint density at radius 2 is 1.84 bits per heavy atom. The fourth-order valence-electron chi connectivity index (χ4n) is 3.48. The number of nitro benzene ring substituents is 1. The van der Waals surface area contributed by atoms with Crippen molar-refractivity contribution in [3.05, 3.63) is 69.6 Å². The van der Waals surface area contributed by atoms with Crippen molar-refractivity contribution in [1.82, 2.24) is 9.88 Å². The molecule has 1 fully saturated rings. The molecule has 160 valence electrons. The van der Waals surface area contributed by atoms with Crippen LogP contribution in [0, 0.1) is 17.0 Å². The molecule has 0 spiro atoms. The van der Waals surface area contributed by atoms with Crippen molar-refractivity contribution in [1.29, 1.82) is 0 Å². The molecule has 7 nitrogen and oxygen atoms in total. The maximum absolute atomic E-state index is 12.7. The van der Waals surface area contributed by atoms with Crippen LogP contribution in [0.2, 0.25) is 0 Å². The van der Waals surface area contributed by atoms with Gasteiger partial charge in [0.15, 0.2) is 4.34 Å². The van der Waals surface area contributed by atoms with E-state index >= 15 is 0 Å². The van der Waals surface area contributed by atoms with E-state index in [1.54, 1.807) is 29.5 Å². The summed E-state index contributed by atoms with van der Waals surface area (Å²) in [5.74, 6) is 0.408. The minimum Gasteiger partial charge on any atom is -0.362 e. The molecule has 0 unspecified atom stereocenters. The van der Waals surface area contributed by atoms with Crippen LogP contribution < -0.4 is 4.90 Å². The van der Waals surface area contributed by atoms with E-state index in [1.165, 1.54) is 23.4 Å². The van der Waals surface area contributed by atoms with Gasteiger partial charge >= 0.3 is 0 Å². The maximum atomic E-state index is 12.7. The summed E-state index contributed by atoms with van der Waals surface area (Å²) in [5, 5.41) is 13.3. The van der Waals surface area contributed by atoms with Crippen LogP contribution in [0.1, 0.15) is 5.56 Å². The highest BCUT2D eigenvalue weighted by Gasteiger charge is 2.25. The molecule has 1 aromatic heterocycles. The zero-order valence-corrected chi connectivity index (χ0v) is 18.7. The van der Waals surface area contributed by atoms with Gasteiger partial charge in [-0.25, -0.2) is 4.98 Å². The molecule has 9 heteroatoms. The fraction of sp³-hybridized carbons (Fsp3) is 0.273. The number of nitrogens with zero attached hydrogens (tertiary/aromatic N) is 4. The number of para-hydroxylation sites is 2. The molecule has 2 heterocycles. The fourth-order valence-corrected chi connectivity index (χ4v) is 5.22. The van der Waals surface area contributed by atoms with Crippen molar-refractivity contribution in [2.45, 2.75) is 11.3 Å². The summed E-state index contributed by atoms with van der Waals surface area (Å²) in [7, 11) is 0. The lowest BCUT2D eigenvalue weighted by molar-refractivity contribution is -0.384. The predicted octanol–water partition coefficient (Wildman–Crippen LogP) is 4.47. The second-order valence-electron chi connectivity index (χ2n) is 7.27. The lowest BCUT2D eigenvalue weighted by atomic mass is 10.1. The zero-order chi connectivity index (χ0) is 21.8. The smallest absolute Gasteiger partial charge is 0.292 e. The minimum atomic E-state index is -0.359. The number of piperazine rings is 1. The molecular weight excluding hydrogens is 432 g/mol. The first-order valence-electron chi connectivity index (χ1n) is 9.93. The Morgan fingerprint density at radius 3 is 2.55 bits per heavy atom. The summed E-state index contributed by atoms with van der Waals surface area (Å²) >= 11 is 3.01. The molecule has 2 aromatic carbocycles. The molecule has 0 bridgehead atoms. The second kappa shape index (κ2) is 9.49. The number of aryl methyl sites for hydroxylation is 1. The molecule has 0 atom stereocenters. The molecule has 0 radical (unpaired) electrons. The summed E-state index contributed by atoms with van der Waals surface area (Å²) in [6, 6.07) is 15.0. The Morgan fingerprint density at radius 1 is 1.13 bits per heavy atom. The van der Waals surface area contributed by atoms with Gasteiger partial charge in [0, 0.05) is 43.2 Å². The maximum Gasteiger partial charge on any atom is 0.292 e. The number of benzene rings is 2. The quantitative estimate of drug-likeness (QED) is 0.311. The first-order valence-corrected chi connectivity index (χ1v) is 11.8. The van der Waals surface area contributed by atoms with E-state index in [0.717, 1.165) is 15.6 Å². The molecule has 1 saturated heterocycles. The van der Waals surface area contributed by atoms with Gasteiger partial charge < -0.3 is 9.80 Å². The van der Waals surface area contributed by atoms with Crippen molar-refractivity contribution in [3.8, 4) is 11.3 Å². The van der Waals surface area contributed by atoms with Gasteiger partial charge in [0.25, 0.3) is 5.69 Å². The van der Waals surface area contributed by atoms with Crippen molar-refractivity contribution >= 4 is 40.4 Å². The van der Waals surface area contributed by atoms with Gasteiger partial charge in [-0.1, -0.05) is 53.7 Å². The van der Waals surface area contributed by atoms with Crippen LogP contribution in [0.3, 0.4) is 0 Å². The standard InChI is InChI=1S/C22H22N4O3S2/c1-16-6-8-17(9-7-16)18-14-30-22(23-18)31-15-21(27)25-12-10-24(11-13-25)19-4-2-3-5-20(19)26(28)29/h2-9,14H,10-13,15H2,1H3. The van der Waals surface area contributed by atoms with Crippen molar-refractivity contribution in [2.75, 3.05) is 36.8 Å². The first-order chi connectivity index (χ1) is 15.0. The van der Waals surface area contributed by atoms with Crippen LogP contribution in [-0.2, 0) is 4.79 Å². The van der Waals surface area contributed by atoms with Gasteiger partial charge in [-0.15, -0.1) is 11.3 Å². The number of carbonyl (C=O) groups excluding carboxylic acids is 1. The minimum absolute atomic E-state index is 0.0688. The number of aromatic nitrogens is 1. The number of rotatable bonds is 6. The van der Waals surface area contributed by atoms with E-state index in [4.69, 9.17) is 0 Å². The zero-order valence-electron chi connectivity index (χ0n) is 17.1. The normalized spacial score (nSPS) is 14.0. The van der Waals surface area contributed by atoms with Crippen LogP contribution in [-0.4, -0.2) is 52.6 Å². The number of thiazole rings is 1. The van der Waals surface area contributed by atoms with Crippen molar-refractivity contribution in [2.24, 2.45) is 0 Å². The highest BCUT2D eigenvalue weighted by Crippen LogP contribution is 2.30. The van der Waals surface area contributed by atoms with E-state index in [-0.39, 0.29) is 16.5 Å². The second-order valence-corrected chi connectivity index (χ2v) is 9.35. The van der Waals surface area contributed by atoms with Crippen LogP contribution in [0.25, 0.3) is 11.3 Å². The number of nitro groups is 1. The Hall–Kier alpha value is -2.91. The van der Waals surface area contributed by atoms with Crippen molar-refractivity contribution < 1.29 is 9.72 Å². The van der Waals surface area contributed by atoms with E-state index in [1.807, 2.05) is 15.2 Å². The summed E-state index contributed by atoms with van der Waals surface area (Å²) in [4.78, 5) is 32.0. The lowest BCUT2D eigenvalue weighted by Gasteiger charge is -2.35. The lowest BCUT2D eigenvalue weighted by Crippen LogP contribution is -2.49. The molecule has 31 heavy (non-hydrogen) atoms. The molecule has 0 aliphatic carbocycles. The molecule has 1 aliphatic heterocycles. The van der Waals surface area contributed by atoms with E-state index in [2.05, 4.69) is 36.2 Å². The number of anilines is 1. The van der Waals surface area contributed by atoms with Crippen LogP contribution in [0.5, 0.6) is 0 Å². The van der Waals surface area contributed by atoms with Gasteiger partial charge in [-0.2, -0.15) is 0 Å². The number of thioether (sulfide) groups is 1. The average molecular weight is 455 g/mol. The Bertz CT molecular complexity index is 1080. The third-order valence-corrected chi connectivity index (χ3v) is 7.21. The Kier molecular flexibility index (Phi) is 6.53.